The van der Waals surface area contributed by atoms with Crippen molar-refractivity contribution in [3.8, 4) is 22.5 Å². The third kappa shape index (κ3) is 3.75. The molecule has 0 radical (unpaired) electrons. The molecule has 218 valence electrons. The minimum absolute atomic E-state index is 0.613. The first kappa shape index (κ1) is 25.7. The summed E-state index contributed by atoms with van der Waals surface area (Å²) in [6.07, 6.45) is 0. The van der Waals surface area contributed by atoms with Gasteiger partial charge >= 0.3 is 0 Å². The van der Waals surface area contributed by atoms with Gasteiger partial charge in [-0.05, 0) is 71.8 Å². The lowest BCUT2D eigenvalue weighted by Gasteiger charge is -2.12. The summed E-state index contributed by atoms with van der Waals surface area (Å²) >= 11 is 0. The summed E-state index contributed by atoms with van der Waals surface area (Å²) in [7, 11) is 0. The van der Waals surface area contributed by atoms with Crippen molar-refractivity contribution in [3.05, 3.63) is 163 Å². The smallest absolute Gasteiger partial charge is 0.188 e. The zero-order chi connectivity index (χ0) is 31.1. The molecule has 0 fully saturated rings. The van der Waals surface area contributed by atoms with Crippen molar-refractivity contribution in [1.82, 2.24) is 9.13 Å². The molecule has 0 aliphatic carbocycles. The fourth-order valence-corrected chi connectivity index (χ4v) is 7.42. The fraction of sp³-hybridized carbons (Fsp3) is 0. The van der Waals surface area contributed by atoms with E-state index >= 15 is 0 Å². The molecule has 0 aliphatic rings. The van der Waals surface area contributed by atoms with Crippen LogP contribution in [0.15, 0.2) is 156 Å². The maximum atomic E-state index is 7.50. The zero-order valence-electron chi connectivity index (χ0n) is 25.2. The molecular weight excluding hydrogens is 574 g/mol. The van der Waals surface area contributed by atoms with Gasteiger partial charge in [0.05, 0.1) is 28.6 Å². The maximum absolute atomic E-state index is 7.50. The normalized spacial score (nSPS) is 11.8. The molecule has 3 aromatic heterocycles. The summed E-state index contributed by atoms with van der Waals surface area (Å²) in [5.41, 5.74) is 11.4. The van der Waals surface area contributed by atoms with Gasteiger partial charge in [-0.15, -0.1) is 0 Å². The number of aromatic nitrogens is 2. The molecule has 0 bridgehead atoms. The second-order valence-corrected chi connectivity index (χ2v) is 12.1. The summed E-state index contributed by atoms with van der Waals surface area (Å²) < 4.78 is 11.0. The Balaban J connectivity index is 1.16. The van der Waals surface area contributed by atoms with Crippen LogP contribution in [-0.2, 0) is 0 Å². The average Bonchev–Trinajstić information content (AvgIpc) is 3.77. The van der Waals surface area contributed by atoms with Crippen LogP contribution in [0.2, 0.25) is 0 Å². The number of rotatable bonds is 3. The number of hydrogen-bond acceptors (Lipinski definition) is 1. The van der Waals surface area contributed by atoms with Gasteiger partial charge in [-0.3, -0.25) is 0 Å². The van der Waals surface area contributed by atoms with Crippen molar-refractivity contribution >= 4 is 71.2 Å². The SMILES string of the molecule is [C-]#[N+]c1ccc2oc3cc4c(cc3c2c1)c1ccccc1n4-c1cccc(-c2cccc(-n3c4ccccc4c4ccccc43)c2)c1. The fourth-order valence-electron chi connectivity index (χ4n) is 7.42. The second kappa shape index (κ2) is 9.71. The lowest BCUT2D eigenvalue weighted by atomic mass is 10.0. The molecule has 0 N–H and O–H groups in total. The Morgan fingerprint density at radius 1 is 0.404 bits per heavy atom. The number of furan rings is 1. The van der Waals surface area contributed by atoms with Crippen LogP contribution in [0.4, 0.5) is 5.69 Å². The van der Waals surface area contributed by atoms with Crippen LogP contribution in [0.5, 0.6) is 0 Å². The van der Waals surface area contributed by atoms with Crippen LogP contribution in [0.1, 0.15) is 0 Å². The average molecular weight is 600 g/mol. The lowest BCUT2D eigenvalue weighted by molar-refractivity contribution is 0.669. The van der Waals surface area contributed by atoms with Gasteiger partial charge < -0.3 is 13.6 Å². The van der Waals surface area contributed by atoms with Gasteiger partial charge in [0.1, 0.15) is 11.2 Å². The highest BCUT2D eigenvalue weighted by molar-refractivity contribution is 6.17. The molecule has 4 heteroatoms. The third-order valence-electron chi connectivity index (χ3n) is 9.50. The van der Waals surface area contributed by atoms with Crippen molar-refractivity contribution in [2.75, 3.05) is 0 Å². The minimum Gasteiger partial charge on any atom is -0.456 e. The number of nitrogens with zero attached hydrogens (tertiary/aromatic N) is 3. The van der Waals surface area contributed by atoms with E-state index < -0.39 is 0 Å². The van der Waals surface area contributed by atoms with Crippen molar-refractivity contribution in [1.29, 1.82) is 0 Å². The van der Waals surface area contributed by atoms with Crippen LogP contribution in [0.25, 0.3) is 92.9 Å². The topological polar surface area (TPSA) is 27.4 Å². The van der Waals surface area contributed by atoms with Crippen LogP contribution in [0, 0.1) is 6.57 Å². The second-order valence-electron chi connectivity index (χ2n) is 12.1. The van der Waals surface area contributed by atoms with E-state index in [9.17, 15) is 0 Å². The molecule has 0 aliphatic heterocycles. The van der Waals surface area contributed by atoms with Gasteiger partial charge in [-0.2, -0.15) is 0 Å². The number of hydrogen-bond donors (Lipinski definition) is 0. The first-order valence-corrected chi connectivity index (χ1v) is 15.7. The molecular formula is C43H25N3O. The lowest BCUT2D eigenvalue weighted by Crippen LogP contribution is -1.96. The Labute approximate surface area is 269 Å². The molecule has 10 rings (SSSR count). The number of para-hydroxylation sites is 3. The first-order valence-electron chi connectivity index (χ1n) is 15.7. The van der Waals surface area contributed by atoms with E-state index in [1.54, 1.807) is 0 Å². The third-order valence-corrected chi connectivity index (χ3v) is 9.50. The van der Waals surface area contributed by atoms with Gasteiger partial charge in [-0.1, -0.05) is 84.9 Å². The predicted molar refractivity (Wildman–Crippen MR) is 194 cm³/mol. The minimum atomic E-state index is 0.613. The van der Waals surface area contributed by atoms with Crippen molar-refractivity contribution in [3.63, 3.8) is 0 Å². The van der Waals surface area contributed by atoms with E-state index in [1.807, 2.05) is 18.2 Å². The highest BCUT2D eigenvalue weighted by atomic mass is 16.3. The monoisotopic (exact) mass is 599 g/mol. The molecule has 7 aromatic carbocycles. The predicted octanol–water partition coefficient (Wildman–Crippen LogP) is 12.0. The van der Waals surface area contributed by atoms with Crippen molar-refractivity contribution in [2.24, 2.45) is 0 Å². The Kier molecular flexibility index (Phi) is 5.32. The molecule has 0 atom stereocenters. The number of fused-ring (bicyclic) bond motifs is 9. The largest absolute Gasteiger partial charge is 0.456 e. The molecule has 0 saturated heterocycles. The Hall–Kier alpha value is -6.57. The molecule has 0 spiro atoms. The molecule has 0 unspecified atom stereocenters. The van der Waals surface area contributed by atoms with E-state index in [-0.39, 0.29) is 0 Å². The van der Waals surface area contributed by atoms with Crippen molar-refractivity contribution in [2.45, 2.75) is 0 Å². The van der Waals surface area contributed by atoms with Crippen LogP contribution in [0.3, 0.4) is 0 Å². The molecule has 0 saturated carbocycles. The maximum Gasteiger partial charge on any atom is 0.188 e. The summed E-state index contributed by atoms with van der Waals surface area (Å²) in [5, 5.41) is 6.84. The summed E-state index contributed by atoms with van der Waals surface area (Å²) in [6, 6.07) is 53.5. The molecule has 0 amide bonds. The van der Waals surface area contributed by atoms with Gasteiger partial charge in [0, 0.05) is 49.8 Å². The van der Waals surface area contributed by atoms with E-state index in [1.165, 1.54) is 27.2 Å². The Morgan fingerprint density at radius 2 is 0.936 bits per heavy atom. The number of benzene rings is 7. The van der Waals surface area contributed by atoms with Crippen molar-refractivity contribution < 1.29 is 4.42 Å². The van der Waals surface area contributed by atoms with E-state index in [2.05, 4.69) is 147 Å². The van der Waals surface area contributed by atoms with E-state index in [4.69, 9.17) is 11.0 Å². The van der Waals surface area contributed by atoms with Gasteiger partial charge in [0.15, 0.2) is 5.69 Å². The zero-order valence-corrected chi connectivity index (χ0v) is 25.2. The van der Waals surface area contributed by atoms with Crippen LogP contribution in [-0.4, -0.2) is 9.13 Å². The Morgan fingerprint density at radius 3 is 1.53 bits per heavy atom. The van der Waals surface area contributed by atoms with Crippen LogP contribution < -0.4 is 0 Å². The highest BCUT2D eigenvalue weighted by Gasteiger charge is 2.17. The Bertz CT molecular complexity index is 2880. The molecule has 4 nitrogen and oxygen atoms in total. The summed E-state index contributed by atoms with van der Waals surface area (Å²) in [6.45, 7) is 7.50. The molecule has 3 heterocycles. The molecule has 47 heavy (non-hydrogen) atoms. The quantitative estimate of drug-likeness (QED) is 0.186. The summed E-state index contributed by atoms with van der Waals surface area (Å²) in [4.78, 5) is 3.65. The van der Waals surface area contributed by atoms with Gasteiger partial charge in [0.25, 0.3) is 0 Å². The van der Waals surface area contributed by atoms with Gasteiger partial charge in [0.2, 0.25) is 0 Å². The van der Waals surface area contributed by atoms with E-state index in [0.717, 1.165) is 60.9 Å². The van der Waals surface area contributed by atoms with Crippen LogP contribution >= 0.6 is 0 Å². The standard InChI is InChI=1S/C43H25N3O/c1-44-29-20-21-42-36(24-29)37-25-35-34-16-4-7-19-40(34)46(41(35)26-43(37)47-42)31-13-9-11-28(23-31)27-10-8-12-30(22-27)45-38-17-5-2-14-32(38)33-15-3-6-18-39(33)45/h2-26H. The highest BCUT2D eigenvalue weighted by Crippen LogP contribution is 2.40. The summed E-state index contributed by atoms with van der Waals surface area (Å²) in [5.74, 6) is 0. The first-order chi connectivity index (χ1) is 23.2. The molecule has 10 aromatic rings. The van der Waals surface area contributed by atoms with Gasteiger partial charge in [-0.25, -0.2) is 4.85 Å². The van der Waals surface area contributed by atoms with E-state index in [0.29, 0.717) is 5.69 Å².